The molecule has 0 spiro atoms. The fraction of sp³-hybridized carbons (Fsp3) is 0.569. The molecule has 7 rings (SSSR count). The SMILES string of the molecule is COC(C)c1ncccc1-c1c2c3cc(ccc3n1CC(F)(F)F)-c1csc(n1)C[C@H](NC(=O)[C@@H](COC1CN(C(=O)C#CC(C)(C)N(C)C)C1)C(C)C)C(=O)N1CCC[C@H](N1)C(=O)OCC(C)(C)C2. The van der Waals surface area contributed by atoms with Crippen molar-refractivity contribution in [3.63, 3.8) is 0 Å². The number of ether oxygens (including phenoxy) is 3. The molecule has 0 radical (unpaired) electrons. The van der Waals surface area contributed by atoms with Crippen LogP contribution in [0.25, 0.3) is 33.4 Å². The van der Waals surface area contributed by atoms with Gasteiger partial charge in [0, 0.05) is 72.2 Å². The lowest BCUT2D eigenvalue weighted by molar-refractivity contribution is -0.155. The fourth-order valence-electron chi connectivity index (χ4n) is 8.78. The van der Waals surface area contributed by atoms with Crippen molar-refractivity contribution in [2.75, 3.05) is 54.1 Å². The topological polar surface area (TPSA) is 160 Å². The summed E-state index contributed by atoms with van der Waals surface area (Å²) < 4.78 is 63.1. The van der Waals surface area contributed by atoms with E-state index in [1.807, 2.05) is 72.0 Å². The number of amides is 3. The summed E-state index contributed by atoms with van der Waals surface area (Å²) in [6, 6.07) is 6.71. The van der Waals surface area contributed by atoms with E-state index in [4.69, 9.17) is 19.2 Å². The van der Waals surface area contributed by atoms with Crippen molar-refractivity contribution in [1.82, 2.24) is 40.1 Å². The number of halogens is 3. The van der Waals surface area contributed by atoms with Crippen LogP contribution >= 0.6 is 11.3 Å². The van der Waals surface area contributed by atoms with Crippen LogP contribution in [0, 0.1) is 29.1 Å². The lowest BCUT2D eigenvalue weighted by Gasteiger charge is -2.38. The Bertz CT molecular complexity index is 2640. The fourth-order valence-corrected chi connectivity index (χ4v) is 9.63. The summed E-state index contributed by atoms with van der Waals surface area (Å²) in [4.78, 5) is 68.5. The van der Waals surface area contributed by atoms with E-state index in [0.717, 1.165) is 0 Å². The number of rotatable bonds is 11. The van der Waals surface area contributed by atoms with Gasteiger partial charge in [-0.2, -0.15) is 13.2 Å². The van der Waals surface area contributed by atoms with Gasteiger partial charge in [-0.1, -0.05) is 39.7 Å². The molecule has 0 saturated carbocycles. The number of pyridine rings is 1. The molecule has 3 aromatic heterocycles. The number of esters is 1. The molecule has 3 amide bonds. The number of nitrogens with zero attached hydrogens (tertiary/aromatic N) is 6. The zero-order valence-corrected chi connectivity index (χ0v) is 42.5. The molecule has 2 N–H and O–H groups in total. The van der Waals surface area contributed by atoms with Crippen LogP contribution in [-0.4, -0.2) is 137 Å². The van der Waals surface area contributed by atoms with Gasteiger partial charge in [-0.3, -0.25) is 34.1 Å². The van der Waals surface area contributed by atoms with E-state index < -0.39 is 65.6 Å². The molecule has 378 valence electrons. The van der Waals surface area contributed by atoms with E-state index in [2.05, 4.69) is 27.6 Å². The van der Waals surface area contributed by atoms with Crippen LogP contribution in [0.15, 0.2) is 41.9 Å². The predicted octanol–water partition coefficient (Wildman–Crippen LogP) is 6.59. The van der Waals surface area contributed by atoms with E-state index >= 15 is 0 Å². The molecular weight excluding hydrogens is 926 g/mol. The minimum Gasteiger partial charge on any atom is -0.464 e. The standard InChI is InChI=1S/C51H65F3N8O7S/c1-30(2)37(26-68-33-24-60(25-33)43(63)17-18-50(6,7)59(8)9)46(64)57-39-22-42-56-40(27-70-42)32-15-16-41-35(21-32)36(23-49(4,5)29-69-48(66)38-14-12-20-62(58-38)47(39)65)45(61(41)28-51(52,53)54)34-13-11-19-55-44(34)31(3)67-10/h11,13,15-16,19,21,27,30-31,33,37-39,58H,12,14,20,22-26,28-29H2,1-10H3,(H,57,64)/t31?,37-,38-,39-/m0/s1. The molecule has 4 aromatic rings. The molecule has 2 saturated heterocycles. The summed E-state index contributed by atoms with van der Waals surface area (Å²) in [7, 11) is 5.31. The Labute approximate surface area is 411 Å². The highest BCUT2D eigenvalue weighted by atomic mass is 32.1. The Morgan fingerprint density at radius 1 is 1.13 bits per heavy atom. The second-order valence-corrected chi connectivity index (χ2v) is 21.4. The quantitative estimate of drug-likeness (QED) is 0.123. The smallest absolute Gasteiger partial charge is 0.406 e. The minimum atomic E-state index is -4.58. The number of aromatic nitrogens is 3. The Hall–Kier alpha value is -5.39. The maximum Gasteiger partial charge on any atom is 0.406 e. The average Bonchev–Trinajstić information content (AvgIpc) is 3.87. The lowest BCUT2D eigenvalue weighted by atomic mass is 9.84. The number of hydrogen-bond donors (Lipinski definition) is 2. The molecule has 70 heavy (non-hydrogen) atoms. The van der Waals surface area contributed by atoms with Crippen LogP contribution in [0.5, 0.6) is 0 Å². The van der Waals surface area contributed by atoms with E-state index in [-0.39, 0.29) is 50.5 Å². The van der Waals surface area contributed by atoms with Crippen molar-refractivity contribution in [3.05, 3.63) is 58.2 Å². The van der Waals surface area contributed by atoms with Gasteiger partial charge < -0.3 is 29.0 Å². The van der Waals surface area contributed by atoms with Crippen molar-refractivity contribution in [3.8, 4) is 34.4 Å². The predicted molar refractivity (Wildman–Crippen MR) is 260 cm³/mol. The number of fused-ring (bicyclic) bond motifs is 6. The van der Waals surface area contributed by atoms with E-state index in [9.17, 15) is 32.3 Å². The van der Waals surface area contributed by atoms with Crippen molar-refractivity contribution in [2.45, 2.75) is 117 Å². The van der Waals surface area contributed by atoms with Crippen LogP contribution in [0.1, 0.15) is 83.7 Å². The van der Waals surface area contributed by atoms with Gasteiger partial charge in [-0.05, 0) is 95.8 Å². The monoisotopic (exact) mass is 990 g/mol. The molecule has 15 nitrogen and oxygen atoms in total. The minimum absolute atomic E-state index is 0.00876. The highest BCUT2D eigenvalue weighted by Gasteiger charge is 2.39. The maximum atomic E-state index is 14.7. The summed E-state index contributed by atoms with van der Waals surface area (Å²) in [5.41, 5.74) is 5.26. The van der Waals surface area contributed by atoms with Gasteiger partial charge in [-0.15, -0.1) is 11.3 Å². The van der Waals surface area contributed by atoms with Gasteiger partial charge in [0.1, 0.15) is 18.6 Å². The number of thiazole rings is 1. The molecule has 1 unspecified atom stereocenters. The van der Waals surface area contributed by atoms with Gasteiger partial charge in [0.05, 0.1) is 59.0 Å². The molecule has 19 heteroatoms. The van der Waals surface area contributed by atoms with E-state index in [0.29, 0.717) is 75.6 Å². The number of hydrazine groups is 1. The Morgan fingerprint density at radius 3 is 2.56 bits per heavy atom. The molecular formula is C51H65F3N8O7S. The van der Waals surface area contributed by atoms with Gasteiger partial charge >= 0.3 is 12.1 Å². The summed E-state index contributed by atoms with van der Waals surface area (Å²) in [6.45, 7) is 12.9. The van der Waals surface area contributed by atoms with Crippen molar-refractivity contribution in [2.24, 2.45) is 17.3 Å². The second-order valence-electron chi connectivity index (χ2n) is 20.4. The lowest BCUT2D eigenvalue weighted by Crippen LogP contribution is -2.61. The summed E-state index contributed by atoms with van der Waals surface area (Å²) in [5, 5.41) is 7.30. The third kappa shape index (κ3) is 12.0. The molecule has 1 aromatic carbocycles. The number of likely N-dealkylation sites (tertiary alicyclic amines) is 1. The van der Waals surface area contributed by atoms with Crippen LogP contribution < -0.4 is 10.7 Å². The van der Waals surface area contributed by atoms with Gasteiger partial charge in [-0.25, -0.2) is 10.4 Å². The number of alkyl halides is 3. The highest BCUT2D eigenvalue weighted by molar-refractivity contribution is 7.10. The Morgan fingerprint density at radius 2 is 1.87 bits per heavy atom. The first-order chi connectivity index (χ1) is 32.9. The molecule has 0 aliphatic carbocycles. The molecule has 6 heterocycles. The summed E-state index contributed by atoms with van der Waals surface area (Å²) in [5.74, 6) is 3.17. The first-order valence-electron chi connectivity index (χ1n) is 23.8. The Balaban J connectivity index is 1.21. The zero-order valence-electron chi connectivity index (χ0n) is 41.7. The third-order valence-electron chi connectivity index (χ3n) is 13.6. The van der Waals surface area contributed by atoms with Gasteiger partial charge in [0.2, 0.25) is 5.91 Å². The number of carbonyl (C=O) groups excluding carboxylic acids is 4. The Kier molecular flexibility index (Phi) is 15.8. The van der Waals surface area contributed by atoms with Gasteiger partial charge in [0.25, 0.3) is 11.8 Å². The number of benzene rings is 1. The summed E-state index contributed by atoms with van der Waals surface area (Å²) >= 11 is 1.29. The molecule has 4 atom stereocenters. The maximum absolute atomic E-state index is 14.7. The van der Waals surface area contributed by atoms with Crippen LogP contribution in [0.4, 0.5) is 13.2 Å². The second kappa shape index (κ2) is 21.1. The first-order valence-corrected chi connectivity index (χ1v) is 24.6. The first kappa shape index (κ1) is 52.4. The molecule has 6 bridgehead atoms. The number of nitrogens with one attached hydrogen (secondary N) is 2. The number of hydrogen-bond acceptors (Lipinski definition) is 12. The highest BCUT2D eigenvalue weighted by Crippen LogP contribution is 2.43. The number of carbonyl (C=O) groups is 4. The van der Waals surface area contributed by atoms with E-state index in [1.165, 1.54) is 28.0 Å². The van der Waals surface area contributed by atoms with E-state index in [1.54, 1.807) is 42.3 Å². The molecule has 2 fully saturated rings. The van der Waals surface area contributed by atoms with Gasteiger partial charge in [0.15, 0.2) is 0 Å². The summed E-state index contributed by atoms with van der Waals surface area (Å²) in [6.07, 6.45) is -2.75. The number of methoxy groups -OCH3 is 1. The van der Waals surface area contributed by atoms with Crippen LogP contribution in [-0.2, 0) is 52.8 Å². The average molecular weight is 991 g/mol. The van der Waals surface area contributed by atoms with Crippen molar-refractivity contribution < 1.29 is 46.6 Å². The largest absolute Gasteiger partial charge is 0.464 e. The molecule has 3 aliphatic heterocycles. The van der Waals surface area contributed by atoms with Crippen LogP contribution in [0.2, 0.25) is 0 Å². The number of cyclic esters (lactones) is 1. The van der Waals surface area contributed by atoms with Crippen molar-refractivity contribution >= 4 is 45.9 Å². The normalized spacial score (nSPS) is 20.1. The molecule has 3 aliphatic rings. The van der Waals surface area contributed by atoms with Crippen molar-refractivity contribution in [1.29, 1.82) is 0 Å². The van der Waals surface area contributed by atoms with Crippen LogP contribution in [0.3, 0.4) is 0 Å². The zero-order chi connectivity index (χ0) is 50.9. The third-order valence-corrected chi connectivity index (χ3v) is 14.4.